The summed E-state index contributed by atoms with van der Waals surface area (Å²) in [4.78, 5) is 18.4. The molecule has 1 atom stereocenters. The molecule has 0 aliphatic carbocycles. The molecular formula is C17H25IN6O2. The number of guanidine groups is 1. The summed E-state index contributed by atoms with van der Waals surface area (Å²) in [5, 5.41) is 10.4. The molecule has 1 aliphatic heterocycles. The van der Waals surface area contributed by atoms with Gasteiger partial charge in [0.1, 0.15) is 0 Å². The van der Waals surface area contributed by atoms with Gasteiger partial charge >= 0.3 is 0 Å². The Labute approximate surface area is 170 Å². The molecule has 0 radical (unpaired) electrons. The second-order valence-corrected chi connectivity index (χ2v) is 6.09. The van der Waals surface area contributed by atoms with Gasteiger partial charge in [0.2, 0.25) is 0 Å². The molecule has 2 aromatic heterocycles. The third-order valence-corrected chi connectivity index (χ3v) is 4.33. The van der Waals surface area contributed by atoms with Crippen LogP contribution in [0.5, 0.6) is 0 Å². The van der Waals surface area contributed by atoms with Crippen molar-refractivity contribution in [1.82, 2.24) is 25.3 Å². The lowest BCUT2D eigenvalue weighted by Gasteiger charge is -2.21. The number of aromatic nitrogens is 2. The van der Waals surface area contributed by atoms with Crippen molar-refractivity contribution in [3.05, 3.63) is 42.1 Å². The van der Waals surface area contributed by atoms with E-state index in [0.29, 0.717) is 24.8 Å². The molecule has 3 rings (SSSR count). The molecule has 2 N–H and O–H groups in total. The second-order valence-electron chi connectivity index (χ2n) is 6.09. The number of nitrogens with zero attached hydrogens (tertiary/aromatic N) is 4. The fraction of sp³-hybridized carbons (Fsp3) is 0.471. The van der Waals surface area contributed by atoms with Gasteiger partial charge in [-0.1, -0.05) is 0 Å². The lowest BCUT2D eigenvalue weighted by molar-refractivity contribution is 0.0926. The summed E-state index contributed by atoms with van der Waals surface area (Å²) in [6.45, 7) is 2.98. The smallest absolute Gasteiger partial charge is 0.287 e. The minimum Gasteiger partial charge on any atom is -0.459 e. The molecule has 0 spiro atoms. The highest BCUT2D eigenvalue weighted by atomic mass is 127. The molecule has 2 aromatic rings. The summed E-state index contributed by atoms with van der Waals surface area (Å²) in [5.74, 6) is 1.45. The van der Waals surface area contributed by atoms with Crippen molar-refractivity contribution in [3.8, 4) is 0 Å². The summed E-state index contributed by atoms with van der Waals surface area (Å²) in [7, 11) is 3.72. The summed E-state index contributed by atoms with van der Waals surface area (Å²) >= 11 is 0. The van der Waals surface area contributed by atoms with Crippen molar-refractivity contribution in [2.24, 2.45) is 12.0 Å². The van der Waals surface area contributed by atoms with Crippen LogP contribution in [0.1, 0.15) is 28.5 Å². The molecule has 9 heteroatoms. The maximum atomic E-state index is 11.8. The van der Waals surface area contributed by atoms with Gasteiger partial charge in [-0.2, -0.15) is 5.10 Å². The van der Waals surface area contributed by atoms with Crippen molar-refractivity contribution in [1.29, 1.82) is 0 Å². The summed E-state index contributed by atoms with van der Waals surface area (Å²) < 4.78 is 6.90. The fourth-order valence-corrected chi connectivity index (χ4v) is 3.05. The van der Waals surface area contributed by atoms with E-state index in [1.165, 1.54) is 11.8 Å². The lowest BCUT2D eigenvalue weighted by atomic mass is 10.0. The van der Waals surface area contributed by atoms with Crippen LogP contribution in [0.15, 0.2) is 40.2 Å². The quantitative estimate of drug-likeness (QED) is 0.298. The number of rotatable bonds is 5. The third-order valence-electron chi connectivity index (χ3n) is 4.33. The van der Waals surface area contributed by atoms with Crippen LogP contribution in [-0.4, -0.2) is 59.8 Å². The molecule has 142 valence electrons. The van der Waals surface area contributed by atoms with Gasteiger partial charge in [-0.05, 0) is 24.1 Å². The summed E-state index contributed by atoms with van der Waals surface area (Å²) in [5.41, 5.74) is 1.27. The van der Waals surface area contributed by atoms with Crippen LogP contribution in [-0.2, 0) is 7.05 Å². The van der Waals surface area contributed by atoms with E-state index in [1.807, 2.05) is 17.9 Å². The third kappa shape index (κ3) is 4.99. The average molecular weight is 472 g/mol. The van der Waals surface area contributed by atoms with E-state index in [2.05, 4.69) is 31.8 Å². The van der Waals surface area contributed by atoms with Crippen LogP contribution in [0.2, 0.25) is 0 Å². The molecule has 1 fully saturated rings. The van der Waals surface area contributed by atoms with E-state index < -0.39 is 0 Å². The highest BCUT2D eigenvalue weighted by Crippen LogP contribution is 2.26. The number of carbonyl (C=O) groups is 1. The Hall–Kier alpha value is -2.04. The molecule has 0 aromatic carbocycles. The predicted octanol–water partition coefficient (Wildman–Crippen LogP) is 1.43. The molecular weight excluding hydrogens is 447 g/mol. The zero-order valence-electron chi connectivity index (χ0n) is 15.0. The lowest BCUT2D eigenvalue weighted by Crippen LogP contribution is -2.43. The standard InChI is InChI=1S/C17H24N6O2.HI/c1-18-17(20-7-6-19-16(24)15-4-3-9-25-15)23-8-5-13(12-23)14-10-21-22(2)11-14;/h3-4,9-11,13H,5-8,12H2,1-2H3,(H,18,20)(H,19,24);1H. The number of hydrogen-bond donors (Lipinski definition) is 2. The minimum absolute atomic E-state index is 0. The Kier molecular flexibility index (Phi) is 7.49. The minimum atomic E-state index is -0.209. The van der Waals surface area contributed by atoms with Crippen LogP contribution in [0.4, 0.5) is 0 Å². The van der Waals surface area contributed by atoms with Crippen molar-refractivity contribution < 1.29 is 9.21 Å². The SMILES string of the molecule is CN=C(NCCNC(=O)c1ccco1)N1CCC(c2cnn(C)c2)C1.I. The molecule has 8 nitrogen and oxygen atoms in total. The molecule has 3 heterocycles. The Balaban J connectivity index is 0.00000243. The first kappa shape index (κ1) is 20.3. The maximum Gasteiger partial charge on any atom is 0.287 e. The van der Waals surface area contributed by atoms with Crippen LogP contribution >= 0.6 is 24.0 Å². The van der Waals surface area contributed by atoms with E-state index in [-0.39, 0.29) is 29.9 Å². The molecule has 26 heavy (non-hydrogen) atoms. The van der Waals surface area contributed by atoms with E-state index in [1.54, 1.807) is 19.2 Å². The second kappa shape index (κ2) is 9.60. The van der Waals surface area contributed by atoms with Crippen LogP contribution < -0.4 is 10.6 Å². The van der Waals surface area contributed by atoms with Crippen molar-refractivity contribution in [2.45, 2.75) is 12.3 Å². The highest BCUT2D eigenvalue weighted by molar-refractivity contribution is 14.0. The van der Waals surface area contributed by atoms with Crippen LogP contribution in [0.3, 0.4) is 0 Å². The maximum absolute atomic E-state index is 11.8. The van der Waals surface area contributed by atoms with Crippen LogP contribution in [0.25, 0.3) is 0 Å². The molecule has 0 saturated carbocycles. The van der Waals surface area contributed by atoms with E-state index in [9.17, 15) is 4.79 Å². The zero-order chi connectivity index (χ0) is 17.6. The van der Waals surface area contributed by atoms with E-state index in [0.717, 1.165) is 25.5 Å². The number of furan rings is 1. The first-order valence-corrected chi connectivity index (χ1v) is 8.43. The number of hydrogen-bond acceptors (Lipinski definition) is 4. The number of amides is 1. The predicted molar refractivity (Wildman–Crippen MR) is 110 cm³/mol. The average Bonchev–Trinajstić information content (AvgIpc) is 3.35. The first-order valence-electron chi connectivity index (χ1n) is 8.43. The molecule has 0 bridgehead atoms. The number of aliphatic imine (C=N–C) groups is 1. The van der Waals surface area contributed by atoms with Crippen LogP contribution in [0, 0.1) is 0 Å². The highest BCUT2D eigenvalue weighted by Gasteiger charge is 2.26. The van der Waals surface area contributed by atoms with E-state index in [4.69, 9.17) is 4.42 Å². The molecule has 1 unspecified atom stereocenters. The number of halogens is 1. The van der Waals surface area contributed by atoms with Crippen molar-refractivity contribution in [3.63, 3.8) is 0 Å². The van der Waals surface area contributed by atoms with Gasteiger partial charge in [0, 0.05) is 52.4 Å². The molecule has 1 aliphatic rings. The van der Waals surface area contributed by atoms with Gasteiger partial charge in [-0.25, -0.2) is 0 Å². The van der Waals surface area contributed by atoms with Gasteiger partial charge in [-0.3, -0.25) is 14.5 Å². The summed E-state index contributed by atoms with van der Waals surface area (Å²) in [6.07, 6.45) is 6.59. The topological polar surface area (TPSA) is 87.7 Å². The monoisotopic (exact) mass is 472 g/mol. The Morgan fingerprint density at radius 2 is 2.23 bits per heavy atom. The van der Waals surface area contributed by atoms with E-state index >= 15 is 0 Å². The number of likely N-dealkylation sites (tertiary alicyclic amines) is 1. The van der Waals surface area contributed by atoms with Gasteiger partial charge in [0.15, 0.2) is 11.7 Å². The zero-order valence-corrected chi connectivity index (χ0v) is 17.3. The Morgan fingerprint density at radius 1 is 1.42 bits per heavy atom. The molecule has 1 saturated heterocycles. The Morgan fingerprint density at radius 3 is 2.88 bits per heavy atom. The van der Waals surface area contributed by atoms with Gasteiger partial charge in [0.25, 0.3) is 5.91 Å². The first-order chi connectivity index (χ1) is 12.2. The van der Waals surface area contributed by atoms with Gasteiger partial charge in [-0.15, -0.1) is 24.0 Å². The fourth-order valence-electron chi connectivity index (χ4n) is 3.05. The van der Waals surface area contributed by atoms with Gasteiger partial charge < -0.3 is 20.0 Å². The normalized spacial score (nSPS) is 17.1. The number of aryl methyl sites for hydroxylation is 1. The van der Waals surface area contributed by atoms with Crippen molar-refractivity contribution in [2.75, 3.05) is 33.2 Å². The number of nitrogens with one attached hydrogen (secondary N) is 2. The molecule has 1 amide bonds. The number of carbonyl (C=O) groups excluding carboxylic acids is 1. The summed E-state index contributed by atoms with van der Waals surface area (Å²) in [6, 6.07) is 3.34. The van der Waals surface area contributed by atoms with Crippen molar-refractivity contribution >= 4 is 35.8 Å². The van der Waals surface area contributed by atoms with Gasteiger partial charge in [0.05, 0.1) is 12.5 Å². The largest absolute Gasteiger partial charge is 0.459 e. The Bertz CT molecular complexity index is 727.